The van der Waals surface area contributed by atoms with E-state index >= 15 is 0 Å². The zero-order valence-corrected chi connectivity index (χ0v) is 8.26. The third-order valence-electron chi connectivity index (χ3n) is 1.44. The SMILES string of the molecule is CNCC1CNCCO1.Cl.Cl. The summed E-state index contributed by atoms with van der Waals surface area (Å²) < 4.78 is 5.39. The molecule has 0 spiro atoms. The van der Waals surface area contributed by atoms with Gasteiger partial charge in [0.2, 0.25) is 0 Å². The summed E-state index contributed by atoms with van der Waals surface area (Å²) in [5.41, 5.74) is 0. The molecule has 70 valence electrons. The average molecular weight is 203 g/mol. The summed E-state index contributed by atoms with van der Waals surface area (Å²) in [6.07, 6.45) is 0.378. The number of rotatable bonds is 2. The van der Waals surface area contributed by atoms with E-state index in [1.807, 2.05) is 7.05 Å². The highest BCUT2D eigenvalue weighted by atomic mass is 35.5. The summed E-state index contributed by atoms with van der Waals surface area (Å²) in [7, 11) is 1.94. The predicted octanol–water partition coefficient (Wildman–Crippen LogP) is 0.0378. The molecule has 0 amide bonds. The lowest BCUT2D eigenvalue weighted by Crippen LogP contribution is -2.43. The van der Waals surface area contributed by atoms with Gasteiger partial charge in [-0.3, -0.25) is 0 Å². The second-order valence-electron chi connectivity index (χ2n) is 2.25. The van der Waals surface area contributed by atoms with Gasteiger partial charge in [0, 0.05) is 19.6 Å². The van der Waals surface area contributed by atoms with Gasteiger partial charge in [0.15, 0.2) is 0 Å². The van der Waals surface area contributed by atoms with Gasteiger partial charge in [0.25, 0.3) is 0 Å². The van der Waals surface area contributed by atoms with Crippen LogP contribution in [0.15, 0.2) is 0 Å². The molecule has 0 aliphatic carbocycles. The normalized spacial score (nSPS) is 23.2. The fraction of sp³-hybridized carbons (Fsp3) is 1.00. The maximum absolute atomic E-state index is 5.39. The standard InChI is InChI=1S/C6H14N2O.2ClH/c1-7-4-6-5-8-2-3-9-6;;/h6-8H,2-5H2,1H3;2*1H. The van der Waals surface area contributed by atoms with Gasteiger partial charge in [-0.15, -0.1) is 24.8 Å². The number of hydrogen-bond donors (Lipinski definition) is 2. The van der Waals surface area contributed by atoms with E-state index in [2.05, 4.69) is 10.6 Å². The molecule has 0 aromatic carbocycles. The van der Waals surface area contributed by atoms with Crippen LogP contribution >= 0.6 is 24.8 Å². The summed E-state index contributed by atoms with van der Waals surface area (Å²) in [5.74, 6) is 0. The van der Waals surface area contributed by atoms with Crippen LogP contribution in [-0.2, 0) is 4.74 Å². The Hall–Kier alpha value is 0.460. The van der Waals surface area contributed by atoms with E-state index in [1.54, 1.807) is 0 Å². The number of ether oxygens (including phenoxy) is 1. The van der Waals surface area contributed by atoms with Crippen molar-refractivity contribution >= 4 is 24.8 Å². The lowest BCUT2D eigenvalue weighted by molar-refractivity contribution is 0.0304. The topological polar surface area (TPSA) is 33.3 Å². The van der Waals surface area contributed by atoms with Crippen molar-refractivity contribution in [3.05, 3.63) is 0 Å². The smallest absolute Gasteiger partial charge is 0.0824 e. The second kappa shape index (κ2) is 8.56. The molecule has 0 aromatic rings. The van der Waals surface area contributed by atoms with Gasteiger partial charge in [-0.1, -0.05) is 0 Å². The van der Waals surface area contributed by atoms with Crippen molar-refractivity contribution < 1.29 is 4.74 Å². The van der Waals surface area contributed by atoms with E-state index in [0.717, 1.165) is 26.2 Å². The van der Waals surface area contributed by atoms with Gasteiger partial charge < -0.3 is 15.4 Å². The molecule has 1 rings (SSSR count). The molecule has 5 heteroatoms. The first-order chi connectivity index (χ1) is 4.43. The molecule has 0 saturated carbocycles. The Morgan fingerprint density at radius 2 is 2.27 bits per heavy atom. The Balaban J connectivity index is 0. The Morgan fingerprint density at radius 3 is 2.73 bits per heavy atom. The average Bonchev–Trinajstić information content (AvgIpc) is 1.91. The van der Waals surface area contributed by atoms with Crippen LogP contribution in [0.2, 0.25) is 0 Å². The van der Waals surface area contributed by atoms with Gasteiger partial charge >= 0.3 is 0 Å². The first-order valence-corrected chi connectivity index (χ1v) is 3.40. The van der Waals surface area contributed by atoms with E-state index in [-0.39, 0.29) is 24.8 Å². The monoisotopic (exact) mass is 202 g/mol. The Bertz CT molecular complexity index is 76.2. The maximum atomic E-state index is 5.39. The van der Waals surface area contributed by atoms with E-state index in [0.29, 0.717) is 6.10 Å². The molecule has 1 saturated heterocycles. The molecule has 0 radical (unpaired) electrons. The van der Waals surface area contributed by atoms with Crippen molar-refractivity contribution in [2.75, 3.05) is 33.3 Å². The molecule has 1 fully saturated rings. The van der Waals surface area contributed by atoms with Crippen LogP contribution in [0.5, 0.6) is 0 Å². The summed E-state index contributed by atoms with van der Waals surface area (Å²) >= 11 is 0. The molecule has 1 heterocycles. The van der Waals surface area contributed by atoms with Crippen LogP contribution in [0.25, 0.3) is 0 Å². The van der Waals surface area contributed by atoms with Crippen LogP contribution in [-0.4, -0.2) is 39.4 Å². The zero-order chi connectivity index (χ0) is 6.53. The largest absolute Gasteiger partial charge is 0.374 e. The quantitative estimate of drug-likeness (QED) is 0.664. The first kappa shape index (κ1) is 14.0. The van der Waals surface area contributed by atoms with E-state index < -0.39 is 0 Å². The third-order valence-corrected chi connectivity index (χ3v) is 1.44. The van der Waals surface area contributed by atoms with Crippen molar-refractivity contribution in [3.8, 4) is 0 Å². The number of hydrogen-bond acceptors (Lipinski definition) is 3. The van der Waals surface area contributed by atoms with Gasteiger partial charge in [-0.05, 0) is 7.05 Å². The molecule has 1 aliphatic heterocycles. The first-order valence-electron chi connectivity index (χ1n) is 3.40. The fourth-order valence-electron chi connectivity index (χ4n) is 0.979. The number of likely N-dealkylation sites (N-methyl/N-ethyl adjacent to an activating group) is 1. The molecule has 1 atom stereocenters. The minimum atomic E-state index is 0. The Labute approximate surface area is 80.1 Å². The molecule has 1 aliphatic rings. The van der Waals surface area contributed by atoms with Gasteiger partial charge in [-0.25, -0.2) is 0 Å². The minimum absolute atomic E-state index is 0. The lowest BCUT2D eigenvalue weighted by Gasteiger charge is -2.22. The molecular weight excluding hydrogens is 187 g/mol. The molecule has 0 aromatic heterocycles. The molecular formula is C6H16Cl2N2O. The van der Waals surface area contributed by atoms with Gasteiger partial charge in [0.1, 0.15) is 0 Å². The van der Waals surface area contributed by atoms with Crippen molar-refractivity contribution in [2.24, 2.45) is 0 Å². The van der Waals surface area contributed by atoms with Crippen LogP contribution in [0.1, 0.15) is 0 Å². The van der Waals surface area contributed by atoms with Gasteiger partial charge in [-0.2, -0.15) is 0 Å². The molecule has 11 heavy (non-hydrogen) atoms. The number of nitrogens with one attached hydrogen (secondary N) is 2. The third kappa shape index (κ3) is 5.70. The van der Waals surface area contributed by atoms with E-state index in [4.69, 9.17) is 4.74 Å². The van der Waals surface area contributed by atoms with Crippen LogP contribution < -0.4 is 10.6 Å². The number of morpholine rings is 1. The second-order valence-corrected chi connectivity index (χ2v) is 2.25. The fourth-order valence-corrected chi connectivity index (χ4v) is 0.979. The Morgan fingerprint density at radius 1 is 1.55 bits per heavy atom. The lowest BCUT2D eigenvalue weighted by atomic mass is 10.3. The maximum Gasteiger partial charge on any atom is 0.0824 e. The molecule has 0 bridgehead atoms. The van der Waals surface area contributed by atoms with Crippen molar-refractivity contribution in [2.45, 2.75) is 6.10 Å². The van der Waals surface area contributed by atoms with E-state index in [1.165, 1.54) is 0 Å². The Kier molecular flexibility index (Phi) is 10.9. The highest BCUT2D eigenvalue weighted by molar-refractivity contribution is 5.85. The van der Waals surface area contributed by atoms with Crippen molar-refractivity contribution in [3.63, 3.8) is 0 Å². The summed E-state index contributed by atoms with van der Waals surface area (Å²) in [6, 6.07) is 0. The minimum Gasteiger partial charge on any atom is -0.374 e. The highest BCUT2D eigenvalue weighted by Gasteiger charge is 2.10. The van der Waals surface area contributed by atoms with Gasteiger partial charge in [0.05, 0.1) is 12.7 Å². The molecule has 3 nitrogen and oxygen atoms in total. The van der Waals surface area contributed by atoms with Crippen molar-refractivity contribution in [1.82, 2.24) is 10.6 Å². The zero-order valence-electron chi connectivity index (χ0n) is 6.63. The summed E-state index contributed by atoms with van der Waals surface area (Å²) in [5, 5.41) is 6.33. The van der Waals surface area contributed by atoms with E-state index in [9.17, 15) is 0 Å². The number of halogens is 2. The predicted molar refractivity (Wildman–Crippen MR) is 51.0 cm³/mol. The summed E-state index contributed by atoms with van der Waals surface area (Å²) in [6.45, 7) is 3.79. The molecule has 1 unspecified atom stereocenters. The summed E-state index contributed by atoms with van der Waals surface area (Å²) in [4.78, 5) is 0. The van der Waals surface area contributed by atoms with Crippen LogP contribution in [0, 0.1) is 0 Å². The van der Waals surface area contributed by atoms with Crippen LogP contribution in [0.3, 0.4) is 0 Å². The highest BCUT2D eigenvalue weighted by Crippen LogP contribution is 1.92. The van der Waals surface area contributed by atoms with Crippen LogP contribution in [0.4, 0.5) is 0 Å². The molecule has 2 N–H and O–H groups in total. The van der Waals surface area contributed by atoms with Crippen molar-refractivity contribution in [1.29, 1.82) is 0 Å².